The van der Waals surface area contributed by atoms with E-state index in [2.05, 4.69) is 4.74 Å². The summed E-state index contributed by atoms with van der Waals surface area (Å²) >= 11 is 1.53. The maximum absolute atomic E-state index is 11.2. The van der Waals surface area contributed by atoms with Gasteiger partial charge in [0.15, 0.2) is 0 Å². The quantitative estimate of drug-likeness (QED) is 0.476. The smallest absolute Gasteiger partial charge is 0.318 e. The number of ketones is 1. The number of esters is 1. The molecule has 0 spiro atoms. The van der Waals surface area contributed by atoms with Gasteiger partial charge >= 0.3 is 5.97 Å². The summed E-state index contributed by atoms with van der Waals surface area (Å²) < 4.78 is 4.68. The molecule has 0 heterocycles. The Morgan fingerprint density at radius 2 is 1.93 bits per heavy atom. The lowest BCUT2D eigenvalue weighted by Crippen LogP contribution is -2.18. The number of hydrogen-bond donors (Lipinski definition) is 0. The van der Waals surface area contributed by atoms with Gasteiger partial charge in [-0.25, -0.2) is 0 Å². The maximum atomic E-state index is 11.2. The second-order valence-electron chi connectivity index (χ2n) is 3.55. The summed E-state index contributed by atoms with van der Waals surface area (Å²) in [6.07, 6.45) is 6.32. The van der Waals surface area contributed by atoms with Crippen LogP contribution in [-0.2, 0) is 14.3 Å². The minimum Gasteiger partial charge on any atom is -0.468 e. The van der Waals surface area contributed by atoms with Crippen LogP contribution in [0.15, 0.2) is 0 Å². The summed E-state index contributed by atoms with van der Waals surface area (Å²) in [5, 5.41) is -0.0488. The third-order valence-corrected chi connectivity index (χ3v) is 3.24. The van der Waals surface area contributed by atoms with Crippen LogP contribution in [0.3, 0.4) is 0 Å². The molecule has 0 amide bonds. The van der Waals surface area contributed by atoms with E-state index in [1.54, 1.807) is 6.92 Å². The van der Waals surface area contributed by atoms with Gasteiger partial charge in [0.1, 0.15) is 11.0 Å². The van der Waals surface area contributed by atoms with Crippen molar-refractivity contribution in [1.29, 1.82) is 0 Å². The first-order chi connectivity index (χ1) is 7.11. The van der Waals surface area contributed by atoms with E-state index < -0.39 is 0 Å². The van der Waals surface area contributed by atoms with Crippen LogP contribution in [0.4, 0.5) is 0 Å². The average molecular weight is 232 g/mol. The number of methoxy groups -OCH3 is 1. The van der Waals surface area contributed by atoms with Crippen LogP contribution in [0.2, 0.25) is 0 Å². The largest absolute Gasteiger partial charge is 0.468 e. The fourth-order valence-corrected chi connectivity index (χ4v) is 2.03. The molecule has 0 aromatic rings. The van der Waals surface area contributed by atoms with E-state index in [-0.39, 0.29) is 17.0 Å². The van der Waals surface area contributed by atoms with Gasteiger partial charge in [-0.2, -0.15) is 11.8 Å². The Balaban J connectivity index is 3.55. The lowest BCUT2D eigenvalue weighted by Gasteiger charge is -2.10. The molecule has 15 heavy (non-hydrogen) atoms. The summed E-state index contributed by atoms with van der Waals surface area (Å²) in [5.74, 6) is 0.0958. The molecule has 88 valence electrons. The van der Waals surface area contributed by atoms with Crippen LogP contribution in [0.5, 0.6) is 0 Å². The predicted molar refractivity (Wildman–Crippen MR) is 63.1 cm³/mol. The summed E-state index contributed by atoms with van der Waals surface area (Å²) in [4.78, 5) is 21.9. The summed E-state index contributed by atoms with van der Waals surface area (Å²) in [6.45, 7) is 1.61. The van der Waals surface area contributed by atoms with Gasteiger partial charge in [0.2, 0.25) is 0 Å². The van der Waals surface area contributed by atoms with Crippen molar-refractivity contribution in [3.63, 3.8) is 0 Å². The number of ether oxygens (including phenoxy) is 1. The maximum Gasteiger partial charge on any atom is 0.318 e. The molecule has 0 rings (SSSR count). The van der Waals surface area contributed by atoms with Crippen molar-refractivity contribution < 1.29 is 14.3 Å². The van der Waals surface area contributed by atoms with E-state index in [4.69, 9.17) is 0 Å². The van der Waals surface area contributed by atoms with Gasteiger partial charge in [-0.05, 0) is 26.0 Å². The zero-order valence-corrected chi connectivity index (χ0v) is 10.6. The summed E-state index contributed by atoms with van der Waals surface area (Å²) in [6, 6.07) is 0. The lowest BCUT2D eigenvalue weighted by atomic mass is 10.1. The molecule has 3 nitrogen and oxygen atoms in total. The molecule has 1 atom stereocenters. The standard InChI is InChI=1S/C11H20O3S/c1-9(12)7-5-4-6-8-10(15-3)11(13)14-2/h10H,4-8H2,1-3H3. The Morgan fingerprint density at radius 1 is 1.27 bits per heavy atom. The molecule has 0 radical (unpaired) electrons. The number of carbonyl (C=O) groups excluding carboxylic acids is 2. The van der Waals surface area contributed by atoms with E-state index in [0.29, 0.717) is 6.42 Å². The second-order valence-corrected chi connectivity index (χ2v) is 4.59. The Labute approximate surface area is 95.9 Å². The van der Waals surface area contributed by atoms with Crippen molar-refractivity contribution in [2.24, 2.45) is 0 Å². The van der Waals surface area contributed by atoms with Crippen LogP contribution in [0, 0.1) is 0 Å². The molecule has 0 aromatic heterocycles. The van der Waals surface area contributed by atoms with E-state index in [1.807, 2.05) is 6.26 Å². The Morgan fingerprint density at radius 3 is 2.40 bits per heavy atom. The molecule has 0 saturated heterocycles. The second kappa shape index (κ2) is 8.77. The van der Waals surface area contributed by atoms with Crippen molar-refractivity contribution in [3.8, 4) is 0 Å². The molecule has 0 aliphatic rings. The van der Waals surface area contributed by atoms with Gasteiger partial charge in [0.05, 0.1) is 7.11 Å². The zero-order chi connectivity index (χ0) is 11.7. The Bertz CT molecular complexity index is 204. The van der Waals surface area contributed by atoms with Crippen LogP contribution >= 0.6 is 11.8 Å². The van der Waals surface area contributed by atoms with E-state index in [1.165, 1.54) is 18.9 Å². The van der Waals surface area contributed by atoms with Crippen molar-refractivity contribution in [2.75, 3.05) is 13.4 Å². The van der Waals surface area contributed by atoms with Gasteiger partial charge in [-0.15, -0.1) is 0 Å². The van der Waals surface area contributed by atoms with Gasteiger partial charge in [0, 0.05) is 6.42 Å². The first-order valence-electron chi connectivity index (χ1n) is 5.22. The lowest BCUT2D eigenvalue weighted by molar-refractivity contribution is -0.140. The molecule has 0 N–H and O–H groups in total. The van der Waals surface area contributed by atoms with Crippen molar-refractivity contribution in [3.05, 3.63) is 0 Å². The third kappa shape index (κ3) is 7.42. The summed E-state index contributed by atoms with van der Waals surface area (Å²) in [5.41, 5.74) is 0. The topological polar surface area (TPSA) is 43.4 Å². The third-order valence-electron chi connectivity index (χ3n) is 2.24. The van der Waals surface area contributed by atoms with Crippen molar-refractivity contribution in [1.82, 2.24) is 0 Å². The van der Waals surface area contributed by atoms with Crippen molar-refractivity contribution in [2.45, 2.75) is 44.3 Å². The molecule has 0 bridgehead atoms. The Hall–Kier alpha value is -0.510. The first-order valence-corrected chi connectivity index (χ1v) is 6.50. The SMILES string of the molecule is COC(=O)C(CCCCCC(C)=O)SC. The van der Waals surface area contributed by atoms with Crippen LogP contribution in [-0.4, -0.2) is 30.4 Å². The first kappa shape index (κ1) is 14.5. The highest BCUT2D eigenvalue weighted by Crippen LogP contribution is 2.16. The molecule has 0 aliphatic carbocycles. The number of hydrogen-bond acceptors (Lipinski definition) is 4. The fraction of sp³-hybridized carbons (Fsp3) is 0.818. The minimum absolute atomic E-state index is 0.0488. The minimum atomic E-state index is -0.144. The highest BCUT2D eigenvalue weighted by molar-refractivity contribution is 7.99. The number of thioether (sulfide) groups is 1. The van der Waals surface area contributed by atoms with E-state index in [9.17, 15) is 9.59 Å². The summed E-state index contributed by atoms with van der Waals surface area (Å²) in [7, 11) is 1.42. The molecule has 1 unspecified atom stereocenters. The number of Topliss-reactive ketones (excluding diaryl/α,β-unsaturated/α-hetero) is 1. The van der Waals surface area contributed by atoms with Crippen molar-refractivity contribution >= 4 is 23.5 Å². The average Bonchev–Trinajstić information content (AvgIpc) is 2.22. The van der Waals surface area contributed by atoms with Crippen LogP contribution < -0.4 is 0 Å². The molecule has 0 fully saturated rings. The molecule has 0 saturated carbocycles. The molecule has 4 heteroatoms. The molecule has 0 aliphatic heterocycles. The van der Waals surface area contributed by atoms with Crippen LogP contribution in [0.1, 0.15) is 39.0 Å². The predicted octanol–water partition coefficient (Wildman–Crippen LogP) is 2.43. The number of carbonyl (C=O) groups is 2. The van der Waals surface area contributed by atoms with Crippen LogP contribution in [0.25, 0.3) is 0 Å². The monoisotopic (exact) mass is 232 g/mol. The van der Waals surface area contributed by atoms with E-state index >= 15 is 0 Å². The zero-order valence-electron chi connectivity index (χ0n) is 9.75. The van der Waals surface area contributed by atoms with Gasteiger partial charge in [-0.1, -0.05) is 12.8 Å². The molecular weight excluding hydrogens is 212 g/mol. The highest BCUT2D eigenvalue weighted by atomic mass is 32.2. The van der Waals surface area contributed by atoms with Gasteiger partial charge < -0.3 is 9.53 Å². The molecule has 0 aromatic carbocycles. The normalized spacial score (nSPS) is 12.2. The molecular formula is C11H20O3S. The van der Waals surface area contributed by atoms with Gasteiger partial charge in [0.25, 0.3) is 0 Å². The Kier molecular flexibility index (Phi) is 8.47. The fourth-order valence-electron chi connectivity index (χ4n) is 1.34. The van der Waals surface area contributed by atoms with Gasteiger partial charge in [-0.3, -0.25) is 4.79 Å². The highest BCUT2D eigenvalue weighted by Gasteiger charge is 2.16. The number of unbranched alkanes of at least 4 members (excludes halogenated alkanes) is 2. The van der Waals surface area contributed by atoms with E-state index in [0.717, 1.165) is 25.7 Å². The number of rotatable bonds is 8.